The first-order valence-corrected chi connectivity index (χ1v) is 9.03. The molecule has 0 spiro atoms. The molecule has 1 saturated heterocycles. The van der Waals surface area contributed by atoms with Crippen LogP contribution in [0.1, 0.15) is 60.4 Å². The van der Waals surface area contributed by atoms with Crippen molar-refractivity contribution in [1.29, 1.82) is 0 Å². The average molecular weight is 338 g/mol. The van der Waals surface area contributed by atoms with Gasteiger partial charge in [0.15, 0.2) is 0 Å². The van der Waals surface area contributed by atoms with Crippen molar-refractivity contribution in [2.24, 2.45) is 5.92 Å². The molecule has 1 aliphatic rings. The van der Waals surface area contributed by atoms with Crippen LogP contribution in [0.4, 0.5) is 0 Å². The fourth-order valence-corrected chi connectivity index (χ4v) is 2.49. The summed E-state index contributed by atoms with van der Waals surface area (Å²) in [4.78, 5) is 10.8. The molecule has 1 amide bonds. The lowest BCUT2D eigenvalue weighted by Crippen LogP contribution is -2.31. The van der Waals surface area contributed by atoms with Gasteiger partial charge in [-0.3, -0.25) is 4.79 Å². The third-order valence-corrected chi connectivity index (χ3v) is 4.06. The molecule has 0 aromatic heterocycles. The van der Waals surface area contributed by atoms with E-state index in [9.17, 15) is 4.79 Å². The number of carbonyl (C=O) groups is 1. The lowest BCUT2D eigenvalue weighted by molar-refractivity contribution is -0.121. The summed E-state index contributed by atoms with van der Waals surface area (Å²) in [5.41, 5.74) is 4.94. The smallest absolute Gasteiger partial charge is 0.224 e. The highest BCUT2D eigenvalue weighted by molar-refractivity contribution is 5.81. The lowest BCUT2D eigenvalue weighted by atomic mass is 9.98. The maximum atomic E-state index is 10.8. The van der Waals surface area contributed by atoms with E-state index in [4.69, 9.17) is 0 Å². The average Bonchev–Trinajstić information content (AvgIpc) is 2.65. The van der Waals surface area contributed by atoms with Crippen molar-refractivity contribution in [2.45, 2.75) is 53.4 Å². The van der Waals surface area contributed by atoms with E-state index in [1.54, 1.807) is 0 Å². The van der Waals surface area contributed by atoms with Gasteiger partial charge in [0.2, 0.25) is 5.91 Å². The maximum absolute atomic E-state index is 10.8. The van der Waals surface area contributed by atoms with Crippen molar-refractivity contribution in [2.75, 3.05) is 0 Å². The van der Waals surface area contributed by atoms with Crippen molar-refractivity contribution in [3.05, 3.63) is 66.0 Å². The van der Waals surface area contributed by atoms with Crippen LogP contribution in [-0.2, 0) is 4.79 Å². The standard InChI is InChI=1S/C13H12.C8H11NO.C2H6.H2/c1-10(2)12-8-7-11-5-3-4-6-13(11)9-12;1-3-7-6(2)4-5-8(10)9-7;1-2;/h4,6-10H,1-2H3;6H,1,4-5H2,2H3,(H,9,10);1-2H3;1H. The molecule has 25 heavy (non-hydrogen) atoms. The zero-order valence-electron chi connectivity index (χ0n) is 16.1. The van der Waals surface area contributed by atoms with Gasteiger partial charge in [0.25, 0.3) is 0 Å². The number of amides is 1. The molecule has 0 saturated carbocycles. The summed E-state index contributed by atoms with van der Waals surface area (Å²) >= 11 is 0. The van der Waals surface area contributed by atoms with Crippen LogP contribution >= 0.6 is 0 Å². The van der Waals surface area contributed by atoms with E-state index >= 15 is 0 Å². The van der Waals surface area contributed by atoms with Crippen LogP contribution in [0.5, 0.6) is 0 Å². The molecule has 0 radical (unpaired) electrons. The number of fused-ring (bicyclic) bond motifs is 1. The Kier molecular flexibility index (Phi) is 8.54. The Balaban J connectivity index is 0.000000436. The van der Waals surface area contributed by atoms with Crippen LogP contribution in [0.2, 0.25) is 0 Å². The van der Waals surface area contributed by atoms with Gasteiger partial charge >= 0.3 is 0 Å². The van der Waals surface area contributed by atoms with Crippen LogP contribution in [0.3, 0.4) is 0 Å². The molecule has 0 bridgehead atoms. The Morgan fingerprint density at radius 1 is 1.32 bits per heavy atom. The molecular weight excluding hydrogens is 306 g/mol. The fraction of sp³-hybridized carbons (Fsp3) is 0.391. The molecule has 1 aliphatic heterocycles. The van der Waals surface area contributed by atoms with E-state index in [1.807, 2.05) is 19.9 Å². The molecule has 0 aliphatic carbocycles. The molecule has 1 N–H and O–H groups in total. The Labute approximate surface area is 154 Å². The van der Waals surface area contributed by atoms with E-state index < -0.39 is 0 Å². The molecular formula is C23H31NO. The minimum Gasteiger partial charge on any atom is -0.323 e. The predicted molar refractivity (Wildman–Crippen MR) is 108 cm³/mol. The minimum absolute atomic E-state index is 0. The molecule has 2 aromatic carbocycles. The number of piperidine rings is 1. The van der Waals surface area contributed by atoms with Gasteiger partial charge in [0.1, 0.15) is 0 Å². The third-order valence-electron chi connectivity index (χ3n) is 4.06. The molecule has 2 aromatic rings. The first-order valence-electron chi connectivity index (χ1n) is 9.03. The first-order chi connectivity index (χ1) is 12.0. The van der Waals surface area contributed by atoms with Crippen LogP contribution < -0.4 is 5.32 Å². The maximum Gasteiger partial charge on any atom is 0.224 e. The predicted octanol–water partition coefficient (Wildman–Crippen LogP) is 6.04. The van der Waals surface area contributed by atoms with Crippen LogP contribution in [-0.4, -0.2) is 5.91 Å². The van der Waals surface area contributed by atoms with Gasteiger partial charge in [0, 0.05) is 19.2 Å². The zero-order valence-corrected chi connectivity index (χ0v) is 16.1. The van der Waals surface area contributed by atoms with Gasteiger partial charge in [-0.15, -0.1) is 5.73 Å². The number of hydrogen-bond donors (Lipinski definition) is 1. The van der Waals surface area contributed by atoms with Crippen LogP contribution in [0.15, 0.2) is 48.3 Å². The van der Waals surface area contributed by atoms with Crippen LogP contribution in [0.25, 0.3) is 10.8 Å². The zero-order chi connectivity index (χ0) is 18.8. The topological polar surface area (TPSA) is 29.1 Å². The highest BCUT2D eigenvalue weighted by Crippen LogP contribution is 2.19. The molecule has 3 rings (SSSR count). The van der Waals surface area contributed by atoms with Crippen molar-refractivity contribution in [1.82, 2.24) is 5.32 Å². The van der Waals surface area contributed by atoms with Gasteiger partial charge < -0.3 is 5.32 Å². The molecule has 2 nitrogen and oxygen atoms in total. The van der Waals surface area contributed by atoms with Gasteiger partial charge in [-0.2, -0.15) is 0 Å². The van der Waals surface area contributed by atoms with Gasteiger partial charge in [-0.05, 0) is 41.5 Å². The van der Waals surface area contributed by atoms with Gasteiger partial charge in [-0.1, -0.05) is 65.5 Å². The van der Waals surface area contributed by atoms with E-state index in [-0.39, 0.29) is 7.33 Å². The Morgan fingerprint density at radius 2 is 2.04 bits per heavy atom. The number of benzene rings is 1. The van der Waals surface area contributed by atoms with Crippen molar-refractivity contribution < 1.29 is 6.22 Å². The second-order valence-corrected chi connectivity index (χ2v) is 6.18. The van der Waals surface area contributed by atoms with Crippen molar-refractivity contribution >= 4 is 16.7 Å². The van der Waals surface area contributed by atoms with E-state index in [0.717, 1.165) is 17.5 Å². The SMILES string of the molecule is C=C=C1NC(=O)CCC1C.CC.CC(C)c1ccc2c#cccc2c1.[HH]. The normalized spacial score (nSPS) is 15.8. The number of nitrogens with one attached hydrogen (secondary N) is 1. The highest BCUT2D eigenvalue weighted by Gasteiger charge is 2.18. The van der Waals surface area contributed by atoms with Crippen molar-refractivity contribution in [3.8, 4) is 0 Å². The van der Waals surface area contributed by atoms with Crippen LogP contribution in [0, 0.1) is 18.1 Å². The molecule has 2 heteroatoms. The molecule has 134 valence electrons. The fourth-order valence-electron chi connectivity index (χ4n) is 2.49. The third kappa shape index (κ3) is 6.14. The summed E-state index contributed by atoms with van der Waals surface area (Å²) in [6.45, 7) is 14.0. The highest BCUT2D eigenvalue weighted by atomic mass is 16.1. The Hall–Kier alpha value is -2.49. The summed E-state index contributed by atoms with van der Waals surface area (Å²) < 4.78 is 0. The second-order valence-electron chi connectivity index (χ2n) is 6.18. The lowest BCUT2D eigenvalue weighted by Gasteiger charge is -2.19. The minimum atomic E-state index is 0. The summed E-state index contributed by atoms with van der Waals surface area (Å²) in [7, 11) is 0. The second kappa shape index (κ2) is 10.4. The summed E-state index contributed by atoms with van der Waals surface area (Å²) in [6.07, 6.45) is 1.55. The van der Waals surface area contributed by atoms with Gasteiger partial charge in [-0.25, -0.2) is 0 Å². The number of hydrogen-bond acceptors (Lipinski definition) is 1. The molecule has 1 unspecified atom stereocenters. The quantitative estimate of drug-likeness (QED) is 0.632. The first kappa shape index (κ1) is 20.6. The summed E-state index contributed by atoms with van der Waals surface area (Å²) in [5, 5.41) is 5.12. The Morgan fingerprint density at radius 3 is 2.64 bits per heavy atom. The molecule has 1 fully saturated rings. The van der Waals surface area contributed by atoms with E-state index in [0.29, 0.717) is 18.3 Å². The summed E-state index contributed by atoms with van der Waals surface area (Å²) in [6, 6.07) is 16.5. The number of rotatable bonds is 1. The summed E-state index contributed by atoms with van der Waals surface area (Å²) in [5.74, 6) is 1.09. The van der Waals surface area contributed by atoms with E-state index in [2.05, 4.69) is 74.8 Å². The monoisotopic (exact) mass is 337 g/mol. The largest absolute Gasteiger partial charge is 0.323 e. The molecule has 1 atom stereocenters. The van der Waals surface area contributed by atoms with E-state index in [1.165, 1.54) is 10.9 Å². The number of allylic oxidation sites excluding steroid dienone is 1. The Bertz CT molecular complexity index is 745. The molecule has 1 heterocycles. The van der Waals surface area contributed by atoms with Gasteiger partial charge in [0.05, 0.1) is 5.70 Å². The number of carbonyl (C=O) groups excluding carboxylic acids is 1. The van der Waals surface area contributed by atoms with Crippen molar-refractivity contribution in [3.63, 3.8) is 0 Å².